The van der Waals surface area contributed by atoms with E-state index in [4.69, 9.17) is 4.74 Å². The number of nitrogens with one attached hydrogen (secondary N) is 1. The Bertz CT molecular complexity index is 1100. The molecule has 1 aromatic carbocycles. The number of amides is 1. The van der Waals surface area contributed by atoms with Crippen LogP contribution in [-0.4, -0.2) is 40.9 Å². The van der Waals surface area contributed by atoms with Crippen LogP contribution in [0.15, 0.2) is 54.9 Å². The summed E-state index contributed by atoms with van der Waals surface area (Å²) < 4.78 is 8.78. The van der Waals surface area contributed by atoms with Gasteiger partial charge in [0, 0.05) is 25.0 Å². The van der Waals surface area contributed by atoms with Gasteiger partial charge in [0.25, 0.3) is 5.91 Å². The van der Waals surface area contributed by atoms with Gasteiger partial charge in [-0.05, 0) is 43.3 Å². The highest BCUT2D eigenvalue weighted by Gasteiger charge is 2.10. The molecule has 0 aliphatic rings. The molecule has 0 saturated carbocycles. The lowest BCUT2D eigenvalue weighted by atomic mass is 10.3. The van der Waals surface area contributed by atoms with E-state index in [1.165, 1.54) is 4.68 Å². The Balaban J connectivity index is 1.39. The molecular weight excluding hydrogens is 360 g/mol. The fraction of sp³-hybridized carbons (Fsp3) is 0.111. The molecule has 1 N–H and O–H groups in total. The van der Waals surface area contributed by atoms with Gasteiger partial charge >= 0.3 is 0 Å². The van der Waals surface area contributed by atoms with Crippen molar-refractivity contribution in [2.45, 2.75) is 6.92 Å². The van der Waals surface area contributed by atoms with Crippen molar-refractivity contribution in [3.8, 4) is 17.4 Å². The van der Waals surface area contributed by atoms with Crippen LogP contribution < -0.4 is 10.1 Å². The monoisotopic (exact) mass is 376 g/mol. The lowest BCUT2D eigenvalue weighted by Crippen LogP contribution is -2.12. The molecule has 140 valence electrons. The summed E-state index contributed by atoms with van der Waals surface area (Å²) in [6.45, 7) is 1.90. The summed E-state index contributed by atoms with van der Waals surface area (Å²) >= 11 is 0. The second kappa shape index (κ2) is 7.27. The molecule has 0 unspecified atom stereocenters. The second-order valence-electron chi connectivity index (χ2n) is 5.99. The van der Waals surface area contributed by atoms with Crippen LogP contribution in [0.4, 0.5) is 5.69 Å². The Morgan fingerprint density at radius 1 is 1.04 bits per heavy atom. The Hall–Kier alpha value is -4.08. The largest absolute Gasteiger partial charge is 0.438 e. The highest BCUT2D eigenvalue weighted by molar-refractivity contribution is 6.02. The Labute approximate surface area is 159 Å². The summed E-state index contributed by atoms with van der Waals surface area (Å²) in [7, 11) is 1.70. The minimum absolute atomic E-state index is 0.241. The molecular formula is C18H16N8O2. The molecule has 1 amide bonds. The molecule has 3 heterocycles. The number of benzene rings is 1. The highest BCUT2D eigenvalue weighted by atomic mass is 16.5. The summed E-state index contributed by atoms with van der Waals surface area (Å²) in [5.41, 5.74) is 1.75. The van der Waals surface area contributed by atoms with Crippen LogP contribution >= 0.6 is 0 Å². The molecule has 0 fully saturated rings. The van der Waals surface area contributed by atoms with Gasteiger partial charge in [0.2, 0.25) is 5.88 Å². The number of hydrogen-bond acceptors (Lipinski definition) is 7. The number of hydrogen-bond donors (Lipinski definition) is 1. The van der Waals surface area contributed by atoms with Crippen molar-refractivity contribution in [2.24, 2.45) is 7.05 Å². The number of carbonyl (C=O) groups excluding carboxylic acids is 1. The molecule has 4 rings (SSSR count). The summed E-state index contributed by atoms with van der Waals surface area (Å²) in [6, 6.07) is 12.2. The molecule has 0 radical (unpaired) electrons. The standard InChI is InChI=1S/C18H16N8O2/c1-12-9-10-26(23-12)16-7-8-17(22-21-16)28-14-5-3-13(4-6-14)19-18(27)15-11-25(2)24-20-15/h3-11H,1-2H3,(H,19,27). The van der Waals surface area contributed by atoms with Gasteiger partial charge in [-0.3, -0.25) is 9.48 Å². The number of aromatic nitrogens is 7. The van der Waals surface area contributed by atoms with E-state index in [2.05, 4.69) is 30.9 Å². The van der Waals surface area contributed by atoms with E-state index >= 15 is 0 Å². The van der Waals surface area contributed by atoms with E-state index in [-0.39, 0.29) is 11.6 Å². The predicted molar refractivity (Wildman–Crippen MR) is 99.4 cm³/mol. The maximum atomic E-state index is 12.1. The van der Waals surface area contributed by atoms with Gasteiger partial charge in [0.1, 0.15) is 5.75 Å². The van der Waals surface area contributed by atoms with Crippen LogP contribution in [0.1, 0.15) is 16.2 Å². The van der Waals surface area contributed by atoms with Gasteiger partial charge in [-0.15, -0.1) is 15.3 Å². The fourth-order valence-electron chi connectivity index (χ4n) is 2.41. The molecule has 0 spiro atoms. The molecule has 3 aromatic heterocycles. The van der Waals surface area contributed by atoms with Crippen molar-refractivity contribution in [1.82, 2.24) is 35.0 Å². The normalized spacial score (nSPS) is 10.6. The lowest BCUT2D eigenvalue weighted by molar-refractivity contribution is 0.102. The average Bonchev–Trinajstić information content (AvgIpc) is 3.32. The van der Waals surface area contributed by atoms with Gasteiger partial charge < -0.3 is 10.1 Å². The minimum Gasteiger partial charge on any atom is -0.438 e. The summed E-state index contributed by atoms with van der Waals surface area (Å²) in [4.78, 5) is 12.1. The molecule has 0 atom stereocenters. The maximum Gasteiger partial charge on any atom is 0.277 e. The zero-order valence-electron chi connectivity index (χ0n) is 15.1. The molecule has 4 aromatic rings. The number of ether oxygens (including phenoxy) is 1. The third-order valence-corrected chi connectivity index (χ3v) is 3.75. The molecule has 0 saturated heterocycles. The zero-order valence-corrected chi connectivity index (χ0v) is 15.1. The van der Waals surface area contributed by atoms with Gasteiger partial charge in [0.05, 0.1) is 11.9 Å². The zero-order chi connectivity index (χ0) is 19.5. The third kappa shape index (κ3) is 3.85. The number of aryl methyl sites for hydroxylation is 2. The quantitative estimate of drug-likeness (QED) is 0.568. The van der Waals surface area contributed by atoms with Crippen molar-refractivity contribution < 1.29 is 9.53 Å². The Kier molecular flexibility index (Phi) is 4.50. The Morgan fingerprint density at radius 2 is 1.86 bits per heavy atom. The molecule has 10 heteroatoms. The maximum absolute atomic E-state index is 12.1. The third-order valence-electron chi connectivity index (χ3n) is 3.75. The first-order valence-corrected chi connectivity index (χ1v) is 8.39. The smallest absolute Gasteiger partial charge is 0.277 e. The summed E-state index contributed by atoms with van der Waals surface area (Å²) in [5, 5.41) is 22.7. The lowest BCUT2D eigenvalue weighted by Gasteiger charge is -2.07. The predicted octanol–water partition coefficient (Wildman–Crippen LogP) is 2.14. The molecule has 10 nitrogen and oxygen atoms in total. The van der Waals surface area contributed by atoms with E-state index in [9.17, 15) is 4.79 Å². The van der Waals surface area contributed by atoms with Crippen LogP contribution in [0.25, 0.3) is 5.82 Å². The Morgan fingerprint density at radius 3 is 2.46 bits per heavy atom. The summed E-state index contributed by atoms with van der Waals surface area (Å²) in [5.74, 6) is 1.18. The van der Waals surface area contributed by atoms with Crippen LogP contribution in [0.2, 0.25) is 0 Å². The van der Waals surface area contributed by atoms with E-state index in [0.717, 1.165) is 5.69 Å². The van der Waals surface area contributed by atoms with Crippen LogP contribution in [0.5, 0.6) is 11.6 Å². The van der Waals surface area contributed by atoms with Crippen molar-refractivity contribution in [3.63, 3.8) is 0 Å². The topological polar surface area (TPSA) is 113 Å². The van der Waals surface area contributed by atoms with Crippen LogP contribution in [0, 0.1) is 6.92 Å². The number of carbonyl (C=O) groups is 1. The molecule has 0 bridgehead atoms. The molecule has 28 heavy (non-hydrogen) atoms. The van der Waals surface area contributed by atoms with Crippen molar-refractivity contribution in [2.75, 3.05) is 5.32 Å². The SMILES string of the molecule is Cc1ccn(-c2ccc(Oc3ccc(NC(=O)c4cn(C)nn4)cc3)nn2)n1. The molecule has 0 aliphatic heterocycles. The van der Waals surface area contributed by atoms with Crippen molar-refractivity contribution in [3.05, 3.63) is 66.2 Å². The minimum atomic E-state index is -0.336. The number of rotatable bonds is 5. The number of anilines is 1. The average molecular weight is 376 g/mol. The fourth-order valence-corrected chi connectivity index (χ4v) is 2.41. The highest BCUT2D eigenvalue weighted by Crippen LogP contribution is 2.21. The van der Waals surface area contributed by atoms with Gasteiger partial charge in [-0.2, -0.15) is 5.10 Å². The first kappa shape index (κ1) is 17.3. The summed E-state index contributed by atoms with van der Waals surface area (Å²) in [6.07, 6.45) is 3.35. The van der Waals surface area contributed by atoms with Crippen molar-refractivity contribution >= 4 is 11.6 Å². The first-order chi connectivity index (χ1) is 13.6. The van der Waals surface area contributed by atoms with Gasteiger partial charge in [-0.25, -0.2) is 4.68 Å². The number of nitrogens with zero attached hydrogens (tertiary/aromatic N) is 7. The van der Waals surface area contributed by atoms with E-state index in [0.29, 0.717) is 23.1 Å². The van der Waals surface area contributed by atoms with Crippen LogP contribution in [0.3, 0.4) is 0 Å². The van der Waals surface area contributed by atoms with E-state index < -0.39 is 0 Å². The van der Waals surface area contributed by atoms with E-state index in [1.54, 1.807) is 54.3 Å². The van der Waals surface area contributed by atoms with E-state index in [1.807, 2.05) is 19.2 Å². The molecule has 0 aliphatic carbocycles. The van der Waals surface area contributed by atoms with Gasteiger partial charge in [-0.1, -0.05) is 5.21 Å². The van der Waals surface area contributed by atoms with Crippen molar-refractivity contribution in [1.29, 1.82) is 0 Å². The second-order valence-corrected chi connectivity index (χ2v) is 5.99. The van der Waals surface area contributed by atoms with Gasteiger partial charge in [0.15, 0.2) is 11.5 Å². The van der Waals surface area contributed by atoms with Crippen LogP contribution in [-0.2, 0) is 7.05 Å². The first-order valence-electron chi connectivity index (χ1n) is 8.39.